The van der Waals surface area contributed by atoms with Gasteiger partial charge in [0.15, 0.2) is 5.84 Å². The number of carbonyl (C=O) groups is 1. The van der Waals surface area contributed by atoms with Crippen molar-refractivity contribution in [1.29, 1.82) is 5.41 Å². The molecular formula is C25H22BrN5O2S. The highest BCUT2D eigenvalue weighted by molar-refractivity contribution is 9.10. The van der Waals surface area contributed by atoms with Crippen LogP contribution in [0.4, 0.5) is 0 Å². The number of thioether (sulfide) groups is 1. The Bertz CT molecular complexity index is 1370. The Morgan fingerprint density at radius 1 is 1.18 bits per heavy atom. The zero-order valence-corrected chi connectivity index (χ0v) is 20.9. The second kappa shape index (κ2) is 9.60. The first-order valence-electron chi connectivity index (χ1n) is 11.0. The molecule has 1 amide bonds. The molecule has 0 spiro atoms. The fraction of sp³-hybridized carbons (Fsp3) is 0.200. The lowest BCUT2D eigenvalue weighted by atomic mass is 10.1. The molecule has 0 fully saturated rings. The van der Waals surface area contributed by atoms with Crippen LogP contribution in [-0.2, 0) is 11.3 Å². The molecule has 5 rings (SSSR count). The SMILES string of the molecule is CCCC1=NN2C(=N)/C(=C/c3cn(CCOc4ccc(Br)cc4)c4ccccc34)C(=O)N=C2S1. The summed E-state index contributed by atoms with van der Waals surface area (Å²) in [5, 5.41) is 16.9. The van der Waals surface area contributed by atoms with Crippen molar-refractivity contribution in [1.82, 2.24) is 9.58 Å². The van der Waals surface area contributed by atoms with Gasteiger partial charge in [0.05, 0.1) is 12.1 Å². The predicted octanol–water partition coefficient (Wildman–Crippen LogP) is 5.90. The summed E-state index contributed by atoms with van der Waals surface area (Å²) in [5.74, 6) is 0.458. The summed E-state index contributed by atoms with van der Waals surface area (Å²) in [6, 6.07) is 15.8. The van der Waals surface area contributed by atoms with Crippen LogP contribution in [0, 0.1) is 5.41 Å². The van der Waals surface area contributed by atoms with E-state index in [0.717, 1.165) is 44.6 Å². The number of halogens is 1. The van der Waals surface area contributed by atoms with Gasteiger partial charge in [-0.2, -0.15) is 15.1 Å². The zero-order chi connectivity index (χ0) is 23.7. The molecule has 0 saturated heterocycles. The van der Waals surface area contributed by atoms with Gasteiger partial charge in [0.2, 0.25) is 5.17 Å². The number of benzene rings is 2. The first-order chi connectivity index (χ1) is 16.5. The summed E-state index contributed by atoms with van der Waals surface area (Å²) in [7, 11) is 0. The van der Waals surface area contributed by atoms with Crippen LogP contribution in [0.25, 0.3) is 17.0 Å². The van der Waals surface area contributed by atoms with E-state index in [9.17, 15) is 4.79 Å². The predicted molar refractivity (Wildman–Crippen MR) is 141 cm³/mol. The second-order valence-corrected chi connectivity index (χ2v) is 9.82. The minimum Gasteiger partial charge on any atom is -0.492 e. The number of amidine groups is 2. The highest BCUT2D eigenvalue weighted by atomic mass is 79.9. The summed E-state index contributed by atoms with van der Waals surface area (Å²) in [6.07, 6.45) is 5.49. The third kappa shape index (κ3) is 4.45. The minimum atomic E-state index is -0.410. The Hall–Kier alpha value is -3.17. The van der Waals surface area contributed by atoms with Crippen LogP contribution in [0.15, 0.2) is 74.9 Å². The normalized spacial score (nSPS) is 16.8. The maximum atomic E-state index is 12.8. The number of carbonyl (C=O) groups excluding carboxylic acids is 1. The number of rotatable bonds is 7. The lowest BCUT2D eigenvalue weighted by Gasteiger charge is -2.20. The van der Waals surface area contributed by atoms with E-state index in [-0.39, 0.29) is 11.4 Å². The van der Waals surface area contributed by atoms with E-state index in [0.29, 0.717) is 18.3 Å². The van der Waals surface area contributed by atoms with Gasteiger partial charge in [0.1, 0.15) is 17.4 Å². The van der Waals surface area contributed by atoms with E-state index in [4.69, 9.17) is 10.1 Å². The smallest absolute Gasteiger partial charge is 0.283 e. The second-order valence-electron chi connectivity index (χ2n) is 7.86. The number of nitrogens with one attached hydrogen (secondary N) is 1. The van der Waals surface area contributed by atoms with Gasteiger partial charge >= 0.3 is 0 Å². The summed E-state index contributed by atoms with van der Waals surface area (Å²) in [6.45, 7) is 3.21. The van der Waals surface area contributed by atoms with E-state index in [2.05, 4.69) is 37.5 Å². The Morgan fingerprint density at radius 2 is 1.97 bits per heavy atom. The molecule has 9 heteroatoms. The molecule has 0 unspecified atom stereocenters. The van der Waals surface area contributed by atoms with E-state index in [1.54, 1.807) is 6.08 Å². The van der Waals surface area contributed by atoms with Crippen LogP contribution in [0.3, 0.4) is 0 Å². The average Bonchev–Trinajstić information content (AvgIpc) is 3.39. The molecule has 0 saturated carbocycles. The monoisotopic (exact) mass is 535 g/mol. The molecule has 0 bridgehead atoms. The van der Waals surface area contributed by atoms with Gasteiger partial charge in [-0.15, -0.1) is 0 Å². The van der Waals surface area contributed by atoms with Crippen LogP contribution in [0.5, 0.6) is 5.75 Å². The first kappa shape index (κ1) is 22.6. The van der Waals surface area contributed by atoms with Crippen LogP contribution >= 0.6 is 27.7 Å². The summed E-state index contributed by atoms with van der Waals surface area (Å²) in [4.78, 5) is 17.0. The summed E-state index contributed by atoms with van der Waals surface area (Å²) >= 11 is 4.80. The third-order valence-electron chi connectivity index (χ3n) is 5.49. The van der Waals surface area contributed by atoms with Crippen molar-refractivity contribution >= 4 is 66.6 Å². The van der Waals surface area contributed by atoms with E-state index in [1.807, 2.05) is 54.7 Å². The Kier molecular flexibility index (Phi) is 6.38. The summed E-state index contributed by atoms with van der Waals surface area (Å²) in [5.41, 5.74) is 2.13. The molecule has 0 atom stereocenters. The highest BCUT2D eigenvalue weighted by Crippen LogP contribution is 2.31. The molecule has 3 heterocycles. The van der Waals surface area contributed by atoms with Crippen molar-refractivity contribution in [3.05, 3.63) is 70.3 Å². The number of aromatic nitrogens is 1. The molecule has 1 N–H and O–H groups in total. The fourth-order valence-electron chi connectivity index (χ4n) is 3.87. The van der Waals surface area contributed by atoms with Gasteiger partial charge in [0, 0.05) is 27.1 Å². The largest absolute Gasteiger partial charge is 0.492 e. The van der Waals surface area contributed by atoms with Gasteiger partial charge in [-0.05, 0) is 61.0 Å². The number of para-hydroxylation sites is 1. The van der Waals surface area contributed by atoms with Gasteiger partial charge in [-0.1, -0.05) is 41.1 Å². The maximum absolute atomic E-state index is 12.8. The number of aliphatic imine (C=N–C) groups is 1. The molecule has 172 valence electrons. The number of amides is 1. The number of ether oxygens (including phenoxy) is 1. The van der Waals surface area contributed by atoms with Crippen molar-refractivity contribution in [2.45, 2.75) is 26.3 Å². The zero-order valence-electron chi connectivity index (χ0n) is 18.5. The van der Waals surface area contributed by atoms with Crippen LogP contribution in [0.2, 0.25) is 0 Å². The van der Waals surface area contributed by atoms with E-state index in [1.165, 1.54) is 16.8 Å². The number of hydrogen-bond donors (Lipinski definition) is 1. The van der Waals surface area contributed by atoms with Crippen molar-refractivity contribution in [3.63, 3.8) is 0 Å². The molecule has 2 aromatic carbocycles. The van der Waals surface area contributed by atoms with Gasteiger partial charge in [-0.25, -0.2) is 0 Å². The van der Waals surface area contributed by atoms with Crippen molar-refractivity contribution < 1.29 is 9.53 Å². The van der Waals surface area contributed by atoms with Crippen LogP contribution in [0.1, 0.15) is 25.3 Å². The van der Waals surface area contributed by atoms with Gasteiger partial charge < -0.3 is 9.30 Å². The molecule has 2 aliphatic rings. The first-order valence-corrected chi connectivity index (χ1v) is 12.6. The Morgan fingerprint density at radius 3 is 2.76 bits per heavy atom. The van der Waals surface area contributed by atoms with Crippen molar-refractivity contribution in [2.75, 3.05) is 6.61 Å². The molecule has 3 aromatic rings. The lowest BCUT2D eigenvalue weighted by molar-refractivity contribution is -0.114. The number of fused-ring (bicyclic) bond motifs is 2. The molecule has 0 radical (unpaired) electrons. The minimum absolute atomic E-state index is 0.0593. The molecule has 1 aromatic heterocycles. The van der Waals surface area contributed by atoms with E-state index < -0.39 is 5.91 Å². The number of hydrogen-bond acceptors (Lipinski definition) is 5. The average molecular weight is 536 g/mol. The van der Waals surface area contributed by atoms with Crippen LogP contribution in [-0.4, -0.2) is 38.1 Å². The molecule has 34 heavy (non-hydrogen) atoms. The topological polar surface area (TPSA) is 83.0 Å². The Labute approximate surface area is 209 Å². The molecular weight excluding hydrogens is 514 g/mol. The number of hydrazone groups is 1. The summed E-state index contributed by atoms with van der Waals surface area (Å²) < 4.78 is 9.01. The van der Waals surface area contributed by atoms with E-state index >= 15 is 0 Å². The number of nitrogens with zero attached hydrogens (tertiary/aromatic N) is 4. The van der Waals surface area contributed by atoms with Crippen LogP contribution < -0.4 is 4.74 Å². The third-order valence-corrected chi connectivity index (χ3v) is 6.99. The Balaban J connectivity index is 1.41. The highest BCUT2D eigenvalue weighted by Gasteiger charge is 2.35. The standard InChI is InChI=1S/C25H22BrN5O2S/c1-2-5-22-29-31-23(27)20(24(32)28-25(31)34-22)14-16-15-30(21-7-4-3-6-19(16)21)12-13-33-18-10-8-17(26)9-11-18/h3-4,6-11,14-15,27H,2,5,12-13H2,1H3/b20-14-,27-23?. The van der Waals surface area contributed by atoms with Gasteiger partial charge in [0.25, 0.3) is 5.91 Å². The fourth-order valence-corrected chi connectivity index (χ4v) is 5.12. The quantitative estimate of drug-likeness (QED) is 0.381. The maximum Gasteiger partial charge on any atom is 0.283 e. The van der Waals surface area contributed by atoms with Crippen molar-refractivity contribution in [3.8, 4) is 5.75 Å². The van der Waals surface area contributed by atoms with Gasteiger partial charge in [-0.3, -0.25) is 10.2 Å². The molecule has 0 aliphatic carbocycles. The molecule has 2 aliphatic heterocycles. The molecule has 7 nitrogen and oxygen atoms in total. The lowest BCUT2D eigenvalue weighted by Crippen LogP contribution is -2.35. The van der Waals surface area contributed by atoms with Crippen molar-refractivity contribution in [2.24, 2.45) is 10.1 Å².